The van der Waals surface area contributed by atoms with Gasteiger partial charge in [0.2, 0.25) is 0 Å². The van der Waals surface area contributed by atoms with Gasteiger partial charge in [0.25, 0.3) is 0 Å². The van der Waals surface area contributed by atoms with Gasteiger partial charge in [-0.2, -0.15) is 0 Å². The summed E-state index contributed by atoms with van der Waals surface area (Å²) in [7, 11) is 0. The average molecular weight is 246 g/mol. The molecule has 2 rings (SSSR count). The van der Waals surface area contributed by atoms with E-state index in [4.69, 9.17) is 4.98 Å². The lowest BCUT2D eigenvalue weighted by atomic mass is 10.0. The van der Waals surface area contributed by atoms with Gasteiger partial charge in [-0.25, -0.2) is 4.98 Å². The highest BCUT2D eigenvalue weighted by Crippen LogP contribution is 2.35. The number of hydrogen-bond acceptors (Lipinski definition) is 3. The molecule has 17 heavy (non-hydrogen) atoms. The van der Waals surface area contributed by atoms with Crippen LogP contribution in [-0.4, -0.2) is 9.97 Å². The van der Waals surface area contributed by atoms with Crippen molar-refractivity contribution in [3.8, 4) is 10.6 Å². The number of hydrogen-bond donors (Lipinski definition) is 0. The largest absolute Gasteiger partial charge is 0.264 e. The molecular formula is C14H18N2S. The van der Waals surface area contributed by atoms with Crippen molar-refractivity contribution < 1.29 is 0 Å². The van der Waals surface area contributed by atoms with Gasteiger partial charge in [0.1, 0.15) is 5.01 Å². The van der Waals surface area contributed by atoms with Crippen molar-refractivity contribution in [2.75, 3.05) is 0 Å². The third-order valence-electron chi connectivity index (χ3n) is 2.66. The first-order valence-corrected chi connectivity index (χ1v) is 6.82. The van der Waals surface area contributed by atoms with E-state index in [1.54, 1.807) is 17.5 Å². The first-order valence-electron chi connectivity index (χ1n) is 6.00. The molecule has 0 fully saturated rings. The van der Waals surface area contributed by atoms with Crippen LogP contribution in [0.3, 0.4) is 0 Å². The van der Waals surface area contributed by atoms with Crippen LogP contribution in [0.2, 0.25) is 0 Å². The molecule has 2 nitrogen and oxygen atoms in total. The van der Waals surface area contributed by atoms with E-state index in [1.807, 2.05) is 12.3 Å². The predicted octanol–water partition coefficient (Wildman–Crippen LogP) is 4.45. The van der Waals surface area contributed by atoms with Crippen molar-refractivity contribution in [2.24, 2.45) is 0 Å². The van der Waals surface area contributed by atoms with Crippen molar-refractivity contribution in [1.29, 1.82) is 0 Å². The Kier molecular flexibility index (Phi) is 3.57. The Morgan fingerprint density at radius 1 is 1.12 bits per heavy atom. The summed E-state index contributed by atoms with van der Waals surface area (Å²) < 4.78 is 0. The molecular weight excluding hydrogens is 228 g/mol. The average Bonchev–Trinajstić information content (AvgIpc) is 2.75. The minimum absolute atomic E-state index is 0.481. The highest BCUT2D eigenvalue weighted by Gasteiger charge is 2.17. The Morgan fingerprint density at radius 3 is 2.35 bits per heavy atom. The summed E-state index contributed by atoms with van der Waals surface area (Å²) in [5, 5.41) is 1.09. The van der Waals surface area contributed by atoms with E-state index in [1.165, 1.54) is 10.6 Å². The zero-order chi connectivity index (χ0) is 12.4. The summed E-state index contributed by atoms with van der Waals surface area (Å²) in [6, 6.07) is 4.03. The Balaban J connectivity index is 2.48. The lowest BCUT2D eigenvalue weighted by Crippen LogP contribution is -1.94. The van der Waals surface area contributed by atoms with Crippen molar-refractivity contribution in [3.63, 3.8) is 0 Å². The Hall–Kier alpha value is -1.22. The molecule has 0 amide bonds. The molecule has 0 unspecified atom stereocenters. The third-order valence-corrected chi connectivity index (χ3v) is 4.08. The van der Waals surface area contributed by atoms with Crippen LogP contribution in [0.15, 0.2) is 24.5 Å². The van der Waals surface area contributed by atoms with Crippen LogP contribution in [0.1, 0.15) is 50.1 Å². The molecule has 0 saturated carbocycles. The predicted molar refractivity (Wildman–Crippen MR) is 73.5 cm³/mol. The second kappa shape index (κ2) is 4.96. The maximum Gasteiger partial charge on any atom is 0.125 e. The molecule has 0 radical (unpaired) electrons. The number of pyridine rings is 1. The van der Waals surface area contributed by atoms with Gasteiger partial charge in [0, 0.05) is 22.8 Å². The topological polar surface area (TPSA) is 25.8 Å². The fourth-order valence-electron chi connectivity index (χ4n) is 1.78. The number of nitrogens with zero attached hydrogens (tertiary/aromatic N) is 2. The molecule has 0 bridgehead atoms. The molecule has 3 heteroatoms. The highest BCUT2D eigenvalue weighted by atomic mass is 32.1. The smallest absolute Gasteiger partial charge is 0.125 e. The van der Waals surface area contributed by atoms with E-state index in [0.29, 0.717) is 11.8 Å². The summed E-state index contributed by atoms with van der Waals surface area (Å²) in [5.41, 5.74) is 2.36. The lowest BCUT2D eigenvalue weighted by Gasteiger charge is -2.07. The SMILES string of the molecule is CC(C)c1nc(-c2cccnc2)sc1C(C)C. The Labute approximate surface area is 107 Å². The summed E-state index contributed by atoms with van der Waals surface area (Å²) in [5.74, 6) is 1.02. The van der Waals surface area contributed by atoms with E-state index in [0.717, 1.165) is 10.6 Å². The van der Waals surface area contributed by atoms with Crippen LogP contribution in [0.25, 0.3) is 10.6 Å². The summed E-state index contributed by atoms with van der Waals surface area (Å²) >= 11 is 1.80. The molecule has 2 heterocycles. The quantitative estimate of drug-likeness (QED) is 0.799. The Morgan fingerprint density at radius 2 is 1.88 bits per heavy atom. The van der Waals surface area contributed by atoms with Crippen LogP contribution >= 0.6 is 11.3 Å². The van der Waals surface area contributed by atoms with Gasteiger partial charge in [-0.1, -0.05) is 27.7 Å². The fourth-order valence-corrected chi connectivity index (χ4v) is 3.00. The molecule has 0 spiro atoms. The van der Waals surface area contributed by atoms with Crippen molar-refractivity contribution >= 4 is 11.3 Å². The molecule has 0 N–H and O–H groups in total. The van der Waals surface area contributed by atoms with Crippen LogP contribution in [0, 0.1) is 0 Å². The third kappa shape index (κ3) is 2.55. The molecule has 0 aliphatic rings. The Bertz CT molecular complexity index is 461. The second-order valence-corrected chi connectivity index (χ2v) is 5.85. The van der Waals surface area contributed by atoms with Gasteiger partial charge in [0.05, 0.1) is 5.69 Å². The first-order chi connectivity index (χ1) is 8.09. The maximum absolute atomic E-state index is 4.78. The normalized spacial score (nSPS) is 11.4. The molecule has 90 valence electrons. The molecule has 0 atom stereocenters. The summed E-state index contributed by atoms with van der Waals surface area (Å²) in [6.45, 7) is 8.86. The van der Waals surface area contributed by atoms with Crippen molar-refractivity contribution in [2.45, 2.75) is 39.5 Å². The van der Waals surface area contributed by atoms with E-state index >= 15 is 0 Å². The van der Waals surface area contributed by atoms with Crippen LogP contribution in [0.4, 0.5) is 0 Å². The van der Waals surface area contributed by atoms with Gasteiger partial charge in [-0.05, 0) is 24.0 Å². The highest BCUT2D eigenvalue weighted by molar-refractivity contribution is 7.15. The monoisotopic (exact) mass is 246 g/mol. The van der Waals surface area contributed by atoms with Gasteiger partial charge < -0.3 is 0 Å². The van der Waals surface area contributed by atoms with Crippen molar-refractivity contribution in [3.05, 3.63) is 35.1 Å². The van der Waals surface area contributed by atoms with E-state index in [2.05, 4.69) is 38.7 Å². The first kappa shape index (κ1) is 12.2. The second-order valence-electron chi connectivity index (χ2n) is 4.82. The lowest BCUT2D eigenvalue weighted by molar-refractivity contribution is 0.781. The van der Waals surface area contributed by atoms with Crippen LogP contribution in [0.5, 0.6) is 0 Å². The van der Waals surface area contributed by atoms with Gasteiger partial charge in [-0.3, -0.25) is 4.98 Å². The molecule has 2 aromatic heterocycles. The van der Waals surface area contributed by atoms with E-state index in [9.17, 15) is 0 Å². The van der Waals surface area contributed by atoms with Crippen LogP contribution < -0.4 is 0 Å². The van der Waals surface area contributed by atoms with Gasteiger partial charge in [-0.15, -0.1) is 11.3 Å². The molecule has 2 aromatic rings. The van der Waals surface area contributed by atoms with Gasteiger partial charge in [0.15, 0.2) is 0 Å². The molecule has 0 aliphatic heterocycles. The zero-order valence-electron chi connectivity index (χ0n) is 10.8. The van der Waals surface area contributed by atoms with Crippen molar-refractivity contribution in [1.82, 2.24) is 9.97 Å². The number of rotatable bonds is 3. The molecule has 0 aliphatic carbocycles. The van der Waals surface area contributed by atoms with Crippen LogP contribution in [-0.2, 0) is 0 Å². The minimum Gasteiger partial charge on any atom is -0.264 e. The maximum atomic E-state index is 4.78. The molecule has 0 saturated heterocycles. The van der Waals surface area contributed by atoms with E-state index in [-0.39, 0.29) is 0 Å². The molecule has 0 aromatic carbocycles. The van der Waals surface area contributed by atoms with E-state index < -0.39 is 0 Å². The minimum atomic E-state index is 0.481. The standard InChI is InChI=1S/C14H18N2S/c1-9(2)12-13(10(3)4)17-14(16-12)11-6-5-7-15-8-11/h5-10H,1-4H3. The van der Waals surface area contributed by atoms with Gasteiger partial charge >= 0.3 is 0 Å². The summed E-state index contributed by atoms with van der Waals surface area (Å²) in [4.78, 5) is 10.3. The fraction of sp³-hybridized carbons (Fsp3) is 0.429. The summed E-state index contributed by atoms with van der Waals surface area (Å²) in [6.07, 6.45) is 3.68. The zero-order valence-corrected chi connectivity index (χ0v) is 11.6. The number of aromatic nitrogens is 2. The number of thiazole rings is 1.